The number of hydrogen-bond donors (Lipinski definition) is 0. The van der Waals surface area contributed by atoms with E-state index in [1.54, 1.807) is 0 Å². The molecule has 2 nitrogen and oxygen atoms in total. The van der Waals surface area contributed by atoms with Gasteiger partial charge < -0.3 is 9.47 Å². The van der Waals surface area contributed by atoms with E-state index in [9.17, 15) is 0 Å². The molecule has 0 aliphatic heterocycles. The van der Waals surface area contributed by atoms with Crippen molar-refractivity contribution in [3.05, 3.63) is 59.2 Å². The zero-order chi connectivity index (χ0) is 21.4. The summed E-state index contributed by atoms with van der Waals surface area (Å²) in [7, 11) is 0. The van der Waals surface area contributed by atoms with Crippen molar-refractivity contribution in [2.75, 3.05) is 12.4 Å². The molecule has 0 heterocycles. The van der Waals surface area contributed by atoms with E-state index in [0.29, 0.717) is 17.9 Å². The largest absolute Gasteiger partial charge is 0.465 e. The van der Waals surface area contributed by atoms with E-state index in [1.807, 2.05) is 18.7 Å². The van der Waals surface area contributed by atoms with Gasteiger partial charge in [-0.3, -0.25) is 0 Å². The van der Waals surface area contributed by atoms with Gasteiger partial charge in [0.1, 0.15) is 5.75 Å². The van der Waals surface area contributed by atoms with Gasteiger partial charge >= 0.3 is 0 Å². The molecule has 3 heteroatoms. The maximum Gasteiger partial charge on any atom is 0.196 e. The third-order valence-corrected chi connectivity index (χ3v) is 6.16. The number of aryl methyl sites for hydroxylation is 2. The van der Waals surface area contributed by atoms with Crippen molar-refractivity contribution in [3.8, 4) is 5.75 Å². The van der Waals surface area contributed by atoms with Crippen LogP contribution in [-0.4, -0.2) is 18.6 Å². The van der Waals surface area contributed by atoms with Crippen molar-refractivity contribution >= 4 is 11.8 Å². The lowest BCUT2D eigenvalue weighted by Crippen LogP contribution is -2.17. The average Bonchev–Trinajstić information content (AvgIpc) is 2.62. The Balaban J connectivity index is 1.69. The highest BCUT2D eigenvalue weighted by Gasteiger charge is 2.16. The molecule has 2 rings (SSSR count). The van der Waals surface area contributed by atoms with E-state index in [0.717, 1.165) is 17.9 Å². The van der Waals surface area contributed by atoms with Gasteiger partial charge in [-0.2, -0.15) is 0 Å². The van der Waals surface area contributed by atoms with E-state index in [1.165, 1.54) is 28.0 Å². The summed E-state index contributed by atoms with van der Waals surface area (Å²) in [5.74, 6) is 2.47. The second kappa shape index (κ2) is 11.1. The molecular weight excluding hydrogens is 376 g/mol. The van der Waals surface area contributed by atoms with Gasteiger partial charge in [0, 0.05) is 10.6 Å². The van der Waals surface area contributed by atoms with Gasteiger partial charge in [-0.1, -0.05) is 57.5 Å². The molecule has 0 N–H and O–H groups in total. The minimum atomic E-state index is -0.237. The molecule has 2 aromatic carbocycles. The fourth-order valence-electron chi connectivity index (χ4n) is 3.59. The van der Waals surface area contributed by atoms with Crippen molar-refractivity contribution < 1.29 is 9.47 Å². The predicted molar refractivity (Wildman–Crippen MR) is 126 cm³/mol. The fourth-order valence-corrected chi connectivity index (χ4v) is 4.52. The molecule has 29 heavy (non-hydrogen) atoms. The van der Waals surface area contributed by atoms with E-state index in [2.05, 4.69) is 84.0 Å². The van der Waals surface area contributed by atoms with Crippen LogP contribution in [-0.2, 0) is 4.74 Å². The molecule has 2 aromatic rings. The van der Waals surface area contributed by atoms with Crippen LogP contribution < -0.4 is 4.74 Å². The van der Waals surface area contributed by atoms with Crippen LogP contribution in [0.4, 0.5) is 0 Å². The minimum Gasteiger partial charge on any atom is -0.465 e. The zero-order valence-corrected chi connectivity index (χ0v) is 20.1. The summed E-state index contributed by atoms with van der Waals surface area (Å²) in [6.07, 6.45) is 1.95. The topological polar surface area (TPSA) is 18.5 Å². The smallest absolute Gasteiger partial charge is 0.196 e. The summed E-state index contributed by atoms with van der Waals surface area (Å²) in [4.78, 5) is 1.36. The Morgan fingerprint density at radius 2 is 1.66 bits per heavy atom. The first-order valence-corrected chi connectivity index (χ1v) is 11.7. The number of thioether (sulfide) groups is 1. The quantitative estimate of drug-likeness (QED) is 0.225. The van der Waals surface area contributed by atoms with Crippen LogP contribution in [0.5, 0.6) is 5.75 Å². The van der Waals surface area contributed by atoms with Gasteiger partial charge in [-0.05, 0) is 74.3 Å². The third-order valence-electron chi connectivity index (χ3n) is 4.90. The molecule has 160 valence electrons. The molecule has 2 atom stereocenters. The Morgan fingerprint density at radius 1 is 0.966 bits per heavy atom. The Hall–Kier alpha value is -1.45. The van der Waals surface area contributed by atoms with Crippen LogP contribution in [0.15, 0.2) is 47.4 Å². The molecular formula is C26H38O2S. The molecule has 0 aliphatic carbocycles. The Bertz CT molecular complexity index is 746. The van der Waals surface area contributed by atoms with E-state index in [-0.39, 0.29) is 6.29 Å². The maximum absolute atomic E-state index is 5.92. The first-order chi connectivity index (χ1) is 13.6. The highest BCUT2D eigenvalue weighted by atomic mass is 32.2. The first-order valence-electron chi connectivity index (χ1n) is 10.7. The van der Waals surface area contributed by atoms with Crippen LogP contribution in [0.1, 0.15) is 70.1 Å². The predicted octanol–water partition coefficient (Wildman–Crippen LogP) is 7.77. The summed E-state index contributed by atoms with van der Waals surface area (Å²) in [6, 6.07) is 15.1. The minimum absolute atomic E-state index is 0.237. The lowest BCUT2D eigenvalue weighted by molar-refractivity contribution is -0.0660. The molecule has 0 fully saturated rings. The maximum atomic E-state index is 5.92. The highest BCUT2D eigenvalue weighted by molar-refractivity contribution is 7.99. The number of hydrogen-bond acceptors (Lipinski definition) is 3. The van der Waals surface area contributed by atoms with E-state index >= 15 is 0 Å². The van der Waals surface area contributed by atoms with Gasteiger partial charge in [0.05, 0.1) is 6.61 Å². The Kier molecular flexibility index (Phi) is 9.10. The fraction of sp³-hybridized carbons (Fsp3) is 0.538. The lowest BCUT2D eigenvalue weighted by atomic mass is 9.82. The van der Waals surface area contributed by atoms with Gasteiger partial charge in [-0.15, -0.1) is 11.8 Å². The summed E-state index contributed by atoms with van der Waals surface area (Å²) in [5, 5.41) is 0. The van der Waals surface area contributed by atoms with Crippen LogP contribution in [0.3, 0.4) is 0 Å². The van der Waals surface area contributed by atoms with E-state index in [4.69, 9.17) is 9.47 Å². The van der Waals surface area contributed by atoms with Crippen molar-refractivity contribution in [2.45, 2.75) is 78.4 Å². The highest BCUT2D eigenvalue weighted by Crippen LogP contribution is 2.31. The summed E-state index contributed by atoms with van der Waals surface area (Å²) in [6.45, 7) is 16.2. The van der Waals surface area contributed by atoms with Crippen molar-refractivity contribution in [2.24, 2.45) is 5.41 Å². The van der Waals surface area contributed by atoms with Crippen molar-refractivity contribution in [3.63, 3.8) is 0 Å². The van der Waals surface area contributed by atoms with E-state index < -0.39 is 0 Å². The molecule has 0 saturated carbocycles. The molecule has 0 spiro atoms. The van der Waals surface area contributed by atoms with Crippen LogP contribution >= 0.6 is 11.8 Å². The molecule has 0 aromatic heterocycles. The van der Waals surface area contributed by atoms with Gasteiger partial charge in [-0.25, -0.2) is 0 Å². The monoisotopic (exact) mass is 414 g/mol. The second-order valence-corrected chi connectivity index (χ2v) is 10.4. The Labute approximate surface area is 182 Å². The van der Waals surface area contributed by atoms with Gasteiger partial charge in [0.15, 0.2) is 6.29 Å². The van der Waals surface area contributed by atoms with Crippen LogP contribution in [0.2, 0.25) is 0 Å². The summed E-state index contributed by atoms with van der Waals surface area (Å²) in [5.41, 5.74) is 4.38. The molecule has 0 bridgehead atoms. The van der Waals surface area contributed by atoms with Crippen molar-refractivity contribution in [1.82, 2.24) is 0 Å². The molecule has 0 saturated heterocycles. The lowest BCUT2D eigenvalue weighted by Gasteiger charge is -2.23. The summed E-state index contributed by atoms with van der Waals surface area (Å²) < 4.78 is 11.8. The summed E-state index contributed by atoms with van der Waals surface area (Å²) >= 11 is 1.90. The SMILES string of the molecule is Cc1ccc(SCCCOC(C)Oc2ccc(C(C)CC(C)(C)C)cc2)c(C)c1. The molecule has 0 amide bonds. The zero-order valence-electron chi connectivity index (χ0n) is 19.2. The normalized spacial score (nSPS) is 13.9. The number of benzene rings is 2. The standard InChI is InChI=1S/C26H38O2S/c1-19-9-14-25(20(2)17-19)29-16-8-15-27-22(4)28-24-12-10-23(11-13-24)21(3)18-26(5,6)7/h9-14,17,21-22H,8,15-16,18H2,1-7H3. The first kappa shape index (κ1) is 23.8. The molecule has 2 unspecified atom stereocenters. The van der Waals surface area contributed by atoms with Gasteiger partial charge in [0.25, 0.3) is 0 Å². The second-order valence-electron chi connectivity index (χ2n) is 9.26. The van der Waals surface area contributed by atoms with Crippen LogP contribution in [0.25, 0.3) is 0 Å². The molecule has 0 radical (unpaired) electrons. The van der Waals surface area contributed by atoms with Crippen molar-refractivity contribution in [1.29, 1.82) is 0 Å². The van der Waals surface area contributed by atoms with Crippen LogP contribution in [0, 0.1) is 19.3 Å². The van der Waals surface area contributed by atoms with Gasteiger partial charge in [0.2, 0.25) is 0 Å². The average molecular weight is 415 g/mol. The Morgan fingerprint density at radius 3 is 2.28 bits per heavy atom. The number of rotatable bonds is 10. The molecule has 0 aliphatic rings. The third kappa shape index (κ3) is 8.84. The number of ether oxygens (including phenoxy) is 2.